The molecule has 1 N–H and O–H groups in total. The smallest absolute Gasteiger partial charge is 0.0363 e. The Labute approximate surface area is 121 Å². The topological polar surface area (TPSA) is 32.3 Å². The van der Waals surface area contributed by atoms with Crippen LogP contribution in [-0.4, -0.2) is 52.3 Å². The van der Waals surface area contributed by atoms with Crippen molar-refractivity contribution in [1.82, 2.24) is 10.2 Å². The number of hydrogen-bond donors (Lipinski definition) is 1. The molecular weight excluding hydrogens is 256 g/mol. The second-order valence-corrected chi connectivity index (χ2v) is 9.13. The van der Waals surface area contributed by atoms with E-state index in [9.17, 15) is 4.21 Å². The molecule has 0 bridgehead atoms. The third-order valence-electron chi connectivity index (χ3n) is 4.49. The zero-order valence-corrected chi connectivity index (χ0v) is 13.7. The van der Waals surface area contributed by atoms with Crippen LogP contribution in [0.15, 0.2) is 0 Å². The lowest BCUT2D eigenvalue weighted by Gasteiger charge is -2.39. The molecule has 0 spiro atoms. The van der Waals surface area contributed by atoms with Crippen molar-refractivity contribution in [2.45, 2.75) is 52.0 Å². The van der Waals surface area contributed by atoms with Gasteiger partial charge >= 0.3 is 0 Å². The fraction of sp³-hybridized carbons (Fsp3) is 1.00. The lowest BCUT2D eigenvalue weighted by Crippen LogP contribution is -2.50. The fourth-order valence-corrected chi connectivity index (χ4v) is 4.40. The Balaban J connectivity index is 1.90. The molecule has 0 amide bonds. The first-order chi connectivity index (χ1) is 8.89. The van der Waals surface area contributed by atoms with Crippen molar-refractivity contribution in [1.29, 1.82) is 0 Å². The quantitative estimate of drug-likeness (QED) is 0.858. The number of hydrogen-bond acceptors (Lipinski definition) is 3. The van der Waals surface area contributed by atoms with E-state index in [2.05, 4.69) is 31.0 Å². The van der Waals surface area contributed by atoms with E-state index in [0.29, 0.717) is 5.41 Å². The average Bonchev–Trinajstić information content (AvgIpc) is 2.78. The van der Waals surface area contributed by atoms with Gasteiger partial charge in [0.25, 0.3) is 0 Å². The standard InChI is InChI=1S/C15H30N2OS/c1-14(2,3)16-12-15(6-4-5-7-15)13-17-8-10-19(18)11-9-17/h16H,4-13H2,1-3H3. The van der Waals surface area contributed by atoms with Gasteiger partial charge in [0.15, 0.2) is 0 Å². The molecule has 0 aromatic rings. The summed E-state index contributed by atoms with van der Waals surface area (Å²) in [6, 6.07) is 0. The van der Waals surface area contributed by atoms with Gasteiger partial charge in [-0.25, -0.2) is 0 Å². The summed E-state index contributed by atoms with van der Waals surface area (Å²) >= 11 is 0. The molecule has 1 aliphatic heterocycles. The summed E-state index contributed by atoms with van der Waals surface area (Å²) in [7, 11) is -0.553. The van der Waals surface area contributed by atoms with Gasteiger partial charge in [-0.05, 0) is 39.0 Å². The van der Waals surface area contributed by atoms with Crippen LogP contribution in [0.4, 0.5) is 0 Å². The maximum Gasteiger partial charge on any atom is 0.0363 e. The Hall–Kier alpha value is 0.0700. The zero-order chi connectivity index (χ0) is 13.9. The van der Waals surface area contributed by atoms with E-state index >= 15 is 0 Å². The predicted molar refractivity (Wildman–Crippen MR) is 83.0 cm³/mol. The Morgan fingerprint density at radius 3 is 2.26 bits per heavy atom. The Kier molecular flexibility index (Phi) is 5.07. The molecule has 1 aliphatic carbocycles. The van der Waals surface area contributed by atoms with E-state index in [1.807, 2.05) is 0 Å². The van der Waals surface area contributed by atoms with Gasteiger partial charge in [0.05, 0.1) is 0 Å². The van der Waals surface area contributed by atoms with Crippen molar-refractivity contribution in [2.75, 3.05) is 37.7 Å². The molecule has 1 saturated heterocycles. The summed E-state index contributed by atoms with van der Waals surface area (Å²) in [5, 5.41) is 3.72. The third-order valence-corrected chi connectivity index (χ3v) is 5.76. The summed E-state index contributed by atoms with van der Waals surface area (Å²) in [4.78, 5) is 2.55. The molecule has 0 radical (unpaired) electrons. The van der Waals surface area contributed by atoms with Crippen LogP contribution in [0.25, 0.3) is 0 Å². The van der Waals surface area contributed by atoms with Crippen LogP contribution in [0.2, 0.25) is 0 Å². The molecule has 2 aliphatic rings. The predicted octanol–water partition coefficient (Wildman–Crippen LogP) is 2.00. The normalized spacial score (nSPS) is 25.8. The average molecular weight is 286 g/mol. The summed E-state index contributed by atoms with van der Waals surface area (Å²) in [6.07, 6.45) is 5.47. The molecule has 0 aromatic heterocycles. The Bertz CT molecular complexity index is 309. The van der Waals surface area contributed by atoms with Crippen molar-refractivity contribution >= 4 is 10.8 Å². The van der Waals surface area contributed by atoms with Gasteiger partial charge in [0.1, 0.15) is 0 Å². The van der Waals surface area contributed by atoms with Crippen LogP contribution in [-0.2, 0) is 10.8 Å². The molecule has 19 heavy (non-hydrogen) atoms. The van der Waals surface area contributed by atoms with Crippen LogP contribution in [0.3, 0.4) is 0 Å². The molecule has 2 rings (SSSR count). The first-order valence-electron chi connectivity index (χ1n) is 7.71. The molecule has 4 heteroatoms. The maximum atomic E-state index is 11.5. The van der Waals surface area contributed by atoms with Crippen molar-refractivity contribution in [3.8, 4) is 0 Å². The zero-order valence-electron chi connectivity index (χ0n) is 12.8. The molecule has 112 valence electrons. The van der Waals surface area contributed by atoms with Crippen LogP contribution in [0.5, 0.6) is 0 Å². The van der Waals surface area contributed by atoms with Gasteiger partial charge in [-0.1, -0.05) is 12.8 Å². The minimum atomic E-state index is -0.553. The summed E-state index contributed by atoms with van der Waals surface area (Å²) in [6.45, 7) is 11.1. The molecule has 1 heterocycles. The molecule has 2 fully saturated rings. The molecule has 0 atom stereocenters. The molecule has 3 nitrogen and oxygen atoms in total. The van der Waals surface area contributed by atoms with E-state index in [1.165, 1.54) is 32.2 Å². The summed E-state index contributed by atoms with van der Waals surface area (Å²) in [5.41, 5.74) is 0.672. The second-order valence-electron chi connectivity index (χ2n) is 7.43. The van der Waals surface area contributed by atoms with Crippen molar-refractivity contribution < 1.29 is 4.21 Å². The van der Waals surface area contributed by atoms with E-state index in [-0.39, 0.29) is 5.54 Å². The van der Waals surface area contributed by atoms with Crippen molar-refractivity contribution in [3.05, 3.63) is 0 Å². The Morgan fingerprint density at radius 1 is 1.16 bits per heavy atom. The molecule has 0 unspecified atom stereocenters. The van der Waals surface area contributed by atoms with E-state index in [0.717, 1.165) is 31.1 Å². The van der Waals surface area contributed by atoms with E-state index in [1.54, 1.807) is 0 Å². The first-order valence-corrected chi connectivity index (χ1v) is 9.20. The van der Waals surface area contributed by atoms with Gasteiger partial charge in [0, 0.05) is 54.0 Å². The number of rotatable bonds is 4. The second kappa shape index (κ2) is 6.23. The third kappa shape index (κ3) is 4.83. The monoisotopic (exact) mass is 286 g/mol. The highest BCUT2D eigenvalue weighted by Crippen LogP contribution is 2.38. The number of nitrogens with zero attached hydrogens (tertiary/aromatic N) is 1. The lowest BCUT2D eigenvalue weighted by molar-refractivity contribution is 0.148. The highest BCUT2D eigenvalue weighted by atomic mass is 32.2. The van der Waals surface area contributed by atoms with Crippen LogP contribution >= 0.6 is 0 Å². The highest BCUT2D eigenvalue weighted by molar-refractivity contribution is 7.85. The highest BCUT2D eigenvalue weighted by Gasteiger charge is 2.36. The molecule has 0 aromatic carbocycles. The van der Waals surface area contributed by atoms with Crippen molar-refractivity contribution in [2.24, 2.45) is 5.41 Å². The van der Waals surface area contributed by atoms with Crippen LogP contribution in [0, 0.1) is 5.41 Å². The van der Waals surface area contributed by atoms with Gasteiger partial charge in [-0.2, -0.15) is 0 Å². The van der Waals surface area contributed by atoms with E-state index in [4.69, 9.17) is 0 Å². The maximum absolute atomic E-state index is 11.5. The summed E-state index contributed by atoms with van der Waals surface area (Å²) < 4.78 is 11.5. The molecular formula is C15H30N2OS. The van der Waals surface area contributed by atoms with Crippen molar-refractivity contribution in [3.63, 3.8) is 0 Å². The van der Waals surface area contributed by atoms with Gasteiger partial charge in [-0.3, -0.25) is 4.21 Å². The van der Waals surface area contributed by atoms with E-state index < -0.39 is 10.8 Å². The first kappa shape index (κ1) is 15.5. The lowest BCUT2D eigenvalue weighted by atomic mass is 9.84. The molecule has 1 saturated carbocycles. The minimum absolute atomic E-state index is 0.207. The fourth-order valence-electron chi connectivity index (χ4n) is 3.28. The summed E-state index contributed by atoms with van der Waals surface area (Å²) in [5.74, 6) is 1.76. The Morgan fingerprint density at radius 2 is 1.74 bits per heavy atom. The van der Waals surface area contributed by atoms with Crippen LogP contribution < -0.4 is 5.32 Å². The number of nitrogens with one attached hydrogen (secondary N) is 1. The largest absolute Gasteiger partial charge is 0.311 e. The van der Waals surface area contributed by atoms with Crippen LogP contribution in [0.1, 0.15) is 46.5 Å². The minimum Gasteiger partial charge on any atom is -0.311 e. The van der Waals surface area contributed by atoms with Gasteiger partial charge in [-0.15, -0.1) is 0 Å². The SMILES string of the molecule is CC(C)(C)NCC1(CN2CCS(=O)CC2)CCCC1. The van der Waals surface area contributed by atoms with Gasteiger partial charge < -0.3 is 10.2 Å². The van der Waals surface area contributed by atoms with Gasteiger partial charge in [0.2, 0.25) is 0 Å².